The third-order valence-corrected chi connectivity index (χ3v) is 6.57. The number of fused-ring (bicyclic) bond motifs is 1. The topological polar surface area (TPSA) is 129 Å². The lowest BCUT2D eigenvalue weighted by molar-refractivity contribution is -0.385. The predicted octanol–water partition coefficient (Wildman–Crippen LogP) is 5.22. The number of carbonyl (C=O) groups is 2. The van der Waals surface area contributed by atoms with Gasteiger partial charge in [0, 0.05) is 16.2 Å². The van der Waals surface area contributed by atoms with Gasteiger partial charge in [-0.1, -0.05) is 23.7 Å². The lowest BCUT2D eigenvalue weighted by Gasteiger charge is -2.05. The molecule has 4 rings (SSSR count). The van der Waals surface area contributed by atoms with E-state index in [1.807, 2.05) is 0 Å². The van der Waals surface area contributed by atoms with Crippen LogP contribution in [0.1, 0.15) is 15.2 Å². The molecular weight excluding hydrogens is 522 g/mol. The molecule has 0 spiro atoms. The summed E-state index contributed by atoms with van der Waals surface area (Å²) < 4.78 is 16.7. The van der Waals surface area contributed by atoms with Crippen LogP contribution in [0, 0.1) is 10.1 Å². The minimum Gasteiger partial charge on any atom is -0.497 e. The molecule has 1 N–H and O–H groups in total. The minimum absolute atomic E-state index is 0.0200. The van der Waals surface area contributed by atoms with Crippen LogP contribution in [-0.4, -0.2) is 36.7 Å². The number of hydrazone groups is 1. The Morgan fingerprint density at radius 1 is 1.11 bits per heavy atom. The second-order valence-electron chi connectivity index (χ2n) is 7.37. The van der Waals surface area contributed by atoms with Crippen LogP contribution in [0.2, 0.25) is 5.02 Å². The van der Waals surface area contributed by atoms with Gasteiger partial charge in [0.05, 0.1) is 23.3 Å². The Balaban J connectivity index is 1.31. The summed E-state index contributed by atoms with van der Waals surface area (Å²) in [4.78, 5) is 35.3. The first-order valence-corrected chi connectivity index (χ1v) is 11.8. The molecule has 4 aromatic rings. The maximum atomic E-state index is 12.7. The Morgan fingerprint density at radius 2 is 1.84 bits per heavy atom. The van der Waals surface area contributed by atoms with Gasteiger partial charge in [-0.05, 0) is 54.1 Å². The Hall–Kier alpha value is -4.48. The first-order chi connectivity index (χ1) is 17.9. The molecule has 0 unspecified atom stereocenters. The maximum absolute atomic E-state index is 12.7. The van der Waals surface area contributed by atoms with E-state index in [2.05, 4.69) is 10.5 Å². The second-order valence-corrected chi connectivity index (χ2v) is 8.80. The molecule has 0 fully saturated rings. The number of esters is 1. The summed E-state index contributed by atoms with van der Waals surface area (Å²) in [6.07, 6.45) is 1.38. The third-order valence-electron chi connectivity index (χ3n) is 4.94. The largest absolute Gasteiger partial charge is 0.497 e. The number of rotatable bonds is 9. The van der Waals surface area contributed by atoms with Crippen molar-refractivity contribution >= 4 is 56.8 Å². The molecule has 1 aromatic heterocycles. The molecule has 0 saturated heterocycles. The number of halogens is 1. The minimum atomic E-state index is -0.599. The van der Waals surface area contributed by atoms with E-state index in [-0.39, 0.29) is 16.3 Å². The number of hydrogen-bond donors (Lipinski definition) is 1. The van der Waals surface area contributed by atoms with Crippen LogP contribution in [0.25, 0.3) is 10.1 Å². The number of ether oxygens (including phenoxy) is 3. The van der Waals surface area contributed by atoms with E-state index >= 15 is 0 Å². The lowest BCUT2D eigenvalue weighted by Crippen LogP contribution is -2.24. The molecule has 188 valence electrons. The van der Waals surface area contributed by atoms with Gasteiger partial charge in [0.2, 0.25) is 0 Å². The summed E-state index contributed by atoms with van der Waals surface area (Å²) in [5.41, 5.74) is 2.65. The molecule has 0 bridgehead atoms. The molecule has 12 heteroatoms. The molecular formula is C25H18ClN3O7S. The molecule has 0 aliphatic rings. The lowest BCUT2D eigenvalue weighted by atomic mass is 10.2. The summed E-state index contributed by atoms with van der Waals surface area (Å²) in [7, 11) is 1.56. The van der Waals surface area contributed by atoms with Crippen LogP contribution in [0.15, 0.2) is 71.8 Å². The zero-order valence-electron chi connectivity index (χ0n) is 19.2. The average molecular weight is 540 g/mol. The first-order valence-electron chi connectivity index (χ1n) is 10.6. The standard InChI is InChI=1S/C25H18ClN3O7S/c1-34-17-10-11-18-21(12-17)37-24(23(18)26)25(31)36-16-8-6-15(7-9-16)13-27-28-22(30)14-35-20-5-3-2-4-19(20)29(32)33/h2-13H,14H2,1H3,(H,28,30). The van der Waals surface area contributed by atoms with E-state index in [1.165, 1.54) is 35.8 Å². The van der Waals surface area contributed by atoms with Crippen molar-refractivity contribution in [3.8, 4) is 17.2 Å². The molecule has 1 amide bonds. The van der Waals surface area contributed by atoms with Gasteiger partial charge in [0.1, 0.15) is 16.4 Å². The first kappa shape index (κ1) is 25.6. The third kappa shape index (κ3) is 6.21. The van der Waals surface area contributed by atoms with E-state index in [4.69, 9.17) is 25.8 Å². The molecule has 0 saturated carbocycles. The highest BCUT2D eigenvalue weighted by Crippen LogP contribution is 2.37. The van der Waals surface area contributed by atoms with Crippen molar-refractivity contribution in [1.82, 2.24) is 5.43 Å². The summed E-state index contributed by atoms with van der Waals surface area (Å²) in [5, 5.41) is 15.9. The van der Waals surface area contributed by atoms with Gasteiger partial charge in [-0.25, -0.2) is 10.2 Å². The number of nitro benzene ring substituents is 1. The summed E-state index contributed by atoms with van der Waals surface area (Å²) in [5.74, 6) is -0.245. The molecule has 3 aromatic carbocycles. The van der Waals surface area contributed by atoms with Crippen LogP contribution in [0.5, 0.6) is 17.2 Å². The molecule has 1 heterocycles. The number of nitrogens with zero attached hydrogens (tertiary/aromatic N) is 2. The van der Waals surface area contributed by atoms with Gasteiger partial charge in [0.15, 0.2) is 12.4 Å². The normalized spacial score (nSPS) is 10.9. The number of thiophene rings is 1. The summed E-state index contributed by atoms with van der Waals surface area (Å²) in [6.45, 7) is -0.454. The van der Waals surface area contributed by atoms with Crippen LogP contribution < -0.4 is 19.6 Å². The van der Waals surface area contributed by atoms with Crippen molar-refractivity contribution in [3.63, 3.8) is 0 Å². The summed E-state index contributed by atoms with van der Waals surface area (Å²) >= 11 is 7.59. The number of para-hydroxylation sites is 2. The fourth-order valence-corrected chi connectivity index (χ4v) is 4.58. The van der Waals surface area contributed by atoms with Crippen molar-refractivity contribution in [3.05, 3.63) is 92.3 Å². The van der Waals surface area contributed by atoms with E-state index in [9.17, 15) is 19.7 Å². The van der Waals surface area contributed by atoms with E-state index in [0.717, 1.165) is 10.1 Å². The fourth-order valence-electron chi connectivity index (χ4n) is 3.16. The van der Waals surface area contributed by atoms with E-state index in [1.54, 1.807) is 55.6 Å². The molecule has 0 aliphatic heterocycles. The van der Waals surface area contributed by atoms with E-state index in [0.29, 0.717) is 22.1 Å². The highest BCUT2D eigenvalue weighted by Gasteiger charge is 2.20. The summed E-state index contributed by atoms with van der Waals surface area (Å²) in [6, 6.07) is 17.5. The van der Waals surface area contributed by atoms with Crippen LogP contribution in [0.3, 0.4) is 0 Å². The Morgan fingerprint density at radius 3 is 2.57 bits per heavy atom. The number of nitrogens with one attached hydrogen (secondary N) is 1. The smallest absolute Gasteiger partial charge is 0.355 e. The number of hydrogen-bond acceptors (Lipinski definition) is 9. The Bertz CT molecular complexity index is 1500. The van der Waals surface area contributed by atoms with Gasteiger partial charge < -0.3 is 14.2 Å². The van der Waals surface area contributed by atoms with Crippen LogP contribution in [0.4, 0.5) is 5.69 Å². The number of nitro groups is 1. The SMILES string of the molecule is COc1ccc2c(Cl)c(C(=O)Oc3ccc(C=NNC(=O)COc4ccccc4[N+](=O)[O-])cc3)sc2c1. The van der Waals surface area contributed by atoms with Gasteiger partial charge >= 0.3 is 11.7 Å². The zero-order chi connectivity index (χ0) is 26.4. The van der Waals surface area contributed by atoms with Crippen LogP contribution in [-0.2, 0) is 4.79 Å². The van der Waals surface area contributed by atoms with Crippen molar-refractivity contribution in [2.45, 2.75) is 0 Å². The number of carbonyl (C=O) groups excluding carboxylic acids is 2. The quantitative estimate of drug-likeness (QED) is 0.101. The van der Waals surface area contributed by atoms with Crippen LogP contribution >= 0.6 is 22.9 Å². The number of benzene rings is 3. The zero-order valence-corrected chi connectivity index (χ0v) is 20.7. The van der Waals surface area contributed by atoms with Crippen molar-refractivity contribution in [1.29, 1.82) is 0 Å². The highest BCUT2D eigenvalue weighted by molar-refractivity contribution is 7.21. The van der Waals surface area contributed by atoms with Gasteiger partial charge in [-0.2, -0.15) is 5.10 Å². The Kier molecular flexibility index (Phi) is 7.96. The van der Waals surface area contributed by atoms with Gasteiger partial charge in [0.25, 0.3) is 5.91 Å². The molecule has 0 radical (unpaired) electrons. The van der Waals surface area contributed by atoms with Crippen molar-refractivity contribution in [2.24, 2.45) is 5.10 Å². The fraction of sp³-hybridized carbons (Fsp3) is 0.0800. The second kappa shape index (κ2) is 11.5. The maximum Gasteiger partial charge on any atom is 0.355 e. The predicted molar refractivity (Wildman–Crippen MR) is 139 cm³/mol. The molecule has 0 atom stereocenters. The van der Waals surface area contributed by atoms with Crippen molar-refractivity contribution in [2.75, 3.05) is 13.7 Å². The highest BCUT2D eigenvalue weighted by atomic mass is 35.5. The number of methoxy groups -OCH3 is 1. The van der Waals surface area contributed by atoms with Gasteiger partial charge in [-0.3, -0.25) is 14.9 Å². The monoisotopic (exact) mass is 539 g/mol. The van der Waals surface area contributed by atoms with Crippen molar-refractivity contribution < 1.29 is 28.7 Å². The number of amides is 1. The van der Waals surface area contributed by atoms with E-state index < -0.39 is 23.4 Å². The molecule has 10 nitrogen and oxygen atoms in total. The molecule has 37 heavy (non-hydrogen) atoms. The Labute approximate surface area is 219 Å². The van der Waals surface area contributed by atoms with Gasteiger partial charge in [-0.15, -0.1) is 11.3 Å². The average Bonchev–Trinajstić information content (AvgIpc) is 3.24. The molecule has 0 aliphatic carbocycles.